The molecule has 0 aliphatic carbocycles. The molecular weight excluding hydrogens is 379 g/mol. The first kappa shape index (κ1) is 14.9. The van der Waals surface area contributed by atoms with Crippen molar-refractivity contribution in [3.63, 3.8) is 0 Å². The zero-order valence-corrected chi connectivity index (χ0v) is 13.3. The van der Waals surface area contributed by atoms with Gasteiger partial charge in [0.25, 0.3) is 5.91 Å². The Kier molecular flexibility index (Phi) is 3.21. The number of amides is 1. The van der Waals surface area contributed by atoms with Gasteiger partial charge in [-0.15, -0.1) is 0 Å². The number of imidazole rings is 1. The second kappa shape index (κ2) is 4.94. The van der Waals surface area contributed by atoms with Crippen LogP contribution in [0.2, 0.25) is 0 Å². The molecule has 0 unspecified atom stereocenters. The standard InChI is InChI=1S/C14H11BrF3N3O2/c15-10-1-7(14(16,17)18)4-21-11(3-19-12(10)21)13(22)20-5-9-2-8(20)6-23-9/h1,3-4,8-9H,2,5-6H2/t8-,9-/m0/s1. The van der Waals surface area contributed by atoms with E-state index in [1.165, 1.54) is 10.6 Å². The number of ether oxygens (including phenoxy) is 1. The van der Waals surface area contributed by atoms with Crippen molar-refractivity contribution in [2.45, 2.75) is 24.7 Å². The summed E-state index contributed by atoms with van der Waals surface area (Å²) in [5, 5.41) is 0. The van der Waals surface area contributed by atoms with E-state index in [9.17, 15) is 18.0 Å². The Balaban J connectivity index is 1.78. The van der Waals surface area contributed by atoms with E-state index in [1.807, 2.05) is 0 Å². The summed E-state index contributed by atoms with van der Waals surface area (Å²) in [6.07, 6.45) is -1.47. The minimum atomic E-state index is -4.50. The fraction of sp³-hybridized carbons (Fsp3) is 0.429. The number of nitrogens with zero attached hydrogens (tertiary/aromatic N) is 3. The summed E-state index contributed by atoms with van der Waals surface area (Å²) >= 11 is 3.09. The number of fused-ring (bicyclic) bond motifs is 3. The maximum Gasteiger partial charge on any atom is 0.417 e. The Morgan fingerprint density at radius 3 is 2.83 bits per heavy atom. The lowest BCUT2D eigenvalue weighted by molar-refractivity contribution is -0.137. The molecule has 2 aliphatic heterocycles. The molecule has 0 radical (unpaired) electrons. The van der Waals surface area contributed by atoms with Gasteiger partial charge in [0.1, 0.15) is 5.69 Å². The van der Waals surface area contributed by atoms with Gasteiger partial charge in [-0.3, -0.25) is 9.20 Å². The molecule has 5 nitrogen and oxygen atoms in total. The van der Waals surface area contributed by atoms with Gasteiger partial charge in [0, 0.05) is 12.7 Å². The molecule has 0 aromatic carbocycles. The van der Waals surface area contributed by atoms with Crippen LogP contribution in [-0.2, 0) is 10.9 Å². The van der Waals surface area contributed by atoms with Gasteiger partial charge in [-0.2, -0.15) is 13.2 Å². The van der Waals surface area contributed by atoms with Gasteiger partial charge in [-0.05, 0) is 28.4 Å². The van der Waals surface area contributed by atoms with Crippen LogP contribution in [0.5, 0.6) is 0 Å². The summed E-state index contributed by atoms with van der Waals surface area (Å²) in [4.78, 5) is 18.4. The topological polar surface area (TPSA) is 46.8 Å². The summed E-state index contributed by atoms with van der Waals surface area (Å²) in [6, 6.07) is 0.953. The van der Waals surface area contributed by atoms with Crippen molar-refractivity contribution in [3.8, 4) is 0 Å². The van der Waals surface area contributed by atoms with Crippen LogP contribution < -0.4 is 0 Å². The minimum Gasteiger partial charge on any atom is -0.374 e. The SMILES string of the molecule is O=C(c1cnc2c(Br)cc(C(F)(F)F)cn12)N1C[C@@H]2C[C@H]1CO2. The molecule has 2 aliphatic rings. The van der Waals surface area contributed by atoms with Crippen LogP contribution in [-0.4, -0.2) is 45.5 Å². The van der Waals surface area contributed by atoms with E-state index < -0.39 is 11.7 Å². The third-order valence-electron chi connectivity index (χ3n) is 4.27. The molecule has 0 spiro atoms. The second-order valence-corrected chi connectivity index (χ2v) is 6.57. The summed E-state index contributed by atoms with van der Waals surface area (Å²) in [5.41, 5.74) is -0.434. The van der Waals surface area contributed by atoms with Crippen LogP contribution in [0.25, 0.3) is 5.65 Å². The zero-order valence-electron chi connectivity index (χ0n) is 11.7. The number of likely N-dealkylation sites (tertiary alicyclic amines) is 1. The van der Waals surface area contributed by atoms with Crippen molar-refractivity contribution in [2.24, 2.45) is 0 Å². The normalized spacial score (nSPS) is 23.9. The van der Waals surface area contributed by atoms with Gasteiger partial charge in [0.15, 0.2) is 5.65 Å². The lowest BCUT2D eigenvalue weighted by atomic mass is 10.2. The Morgan fingerprint density at radius 1 is 1.43 bits per heavy atom. The van der Waals surface area contributed by atoms with Crippen LogP contribution in [0.1, 0.15) is 22.5 Å². The number of hydrogen-bond donors (Lipinski definition) is 0. The average molecular weight is 390 g/mol. The van der Waals surface area contributed by atoms with Crippen molar-refractivity contribution in [2.75, 3.05) is 13.2 Å². The highest BCUT2D eigenvalue weighted by molar-refractivity contribution is 9.10. The summed E-state index contributed by atoms with van der Waals surface area (Å²) in [6.45, 7) is 0.946. The number of halogens is 4. The number of carbonyl (C=O) groups is 1. The van der Waals surface area contributed by atoms with E-state index in [0.717, 1.165) is 18.7 Å². The predicted molar refractivity (Wildman–Crippen MR) is 77.1 cm³/mol. The smallest absolute Gasteiger partial charge is 0.374 e. The van der Waals surface area contributed by atoms with Crippen LogP contribution in [0.3, 0.4) is 0 Å². The predicted octanol–water partition coefficient (Wildman–Crippen LogP) is 2.73. The van der Waals surface area contributed by atoms with Crippen molar-refractivity contribution in [1.82, 2.24) is 14.3 Å². The molecule has 2 saturated heterocycles. The van der Waals surface area contributed by atoms with Crippen LogP contribution in [0.15, 0.2) is 22.9 Å². The number of carbonyl (C=O) groups excluding carboxylic acids is 1. The highest BCUT2D eigenvalue weighted by Gasteiger charge is 2.42. The average Bonchev–Trinajstić information content (AvgIpc) is 3.20. The van der Waals surface area contributed by atoms with E-state index in [4.69, 9.17) is 4.74 Å². The molecule has 2 bridgehead atoms. The quantitative estimate of drug-likeness (QED) is 0.753. The molecule has 2 fully saturated rings. The number of morpholine rings is 1. The number of hydrogen-bond acceptors (Lipinski definition) is 3. The van der Waals surface area contributed by atoms with E-state index in [1.54, 1.807) is 4.90 Å². The summed E-state index contributed by atoms with van der Waals surface area (Å²) in [7, 11) is 0. The summed E-state index contributed by atoms with van der Waals surface area (Å²) < 4.78 is 45.8. The maximum atomic E-state index is 13.0. The molecule has 4 heterocycles. The Bertz CT molecular complexity index is 804. The number of pyridine rings is 1. The first-order chi connectivity index (χ1) is 10.8. The molecule has 2 aromatic heterocycles. The Hall–Kier alpha value is -1.61. The van der Waals surface area contributed by atoms with Gasteiger partial charge in [-0.1, -0.05) is 0 Å². The molecule has 2 aromatic rings. The molecule has 0 saturated carbocycles. The van der Waals surface area contributed by atoms with E-state index in [-0.39, 0.29) is 33.9 Å². The van der Waals surface area contributed by atoms with Crippen LogP contribution >= 0.6 is 15.9 Å². The molecule has 2 atom stereocenters. The Morgan fingerprint density at radius 2 is 2.22 bits per heavy atom. The van der Waals surface area contributed by atoms with Crippen molar-refractivity contribution < 1.29 is 22.7 Å². The molecule has 1 amide bonds. The number of rotatable bonds is 1. The number of aromatic nitrogens is 2. The van der Waals surface area contributed by atoms with Gasteiger partial charge in [-0.25, -0.2) is 4.98 Å². The van der Waals surface area contributed by atoms with E-state index in [2.05, 4.69) is 20.9 Å². The minimum absolute atomic E-state index is 0.00714. The Labute approximate surface area is 137 Å². The fourth-order valence-electron chi connectivity index (χ4n) is 3.15. The molecule has 23 heavy (non-hydrogen) atoms. The van der Waals surface area contributed by atoms with E-state index >= 15 is 0 Å². The van der Waals surface area contributed by atoms with Gasteiger partial charge < -0.3 is 9.64 Å². The van der Waals surface area contributed by atoms with Gasteiger partial charge in [0.05, 0.1) is 35.0 Å². The van der Waals surface area contributed by atoms with Crippen LogP contribution in [0.4, 0.5) is 13.2 Å². The number of alkyl halides is 3. The highest BCUT2D eigenvalue weighted by atomic mass is 79.9. The second-order valence-electron chi connectivity index (χ2n) is 5.71. The zero-order chi connectivity index (χ0) is 16.4. The monoisotopic (exact) mass is 389 g/mol. The fourth-order valence-corrected chi connectivity index (χ4v) is 3.69. The van der Waals surface area contributed by atoms with Crippen molar-refractivity contribution in [1.29, 1.82) is 0 Å². The van der Waals surface area contributed by atoms with Gasteiger partial charge >= 0.3 is 6.18 Å². The van der Waals surface area contributed by atoms with Crippen LogP contribution in [0, 0.1) is 0 Å². The molecular formula is C14H11BrF3N3O2. The maximum absolute atomic E-state index is 13.0. The largest absolute Gasteiger partial charge is 0.417 e. The molecule has 0 N–H and O–H groups in total. The highest BCUT2D eigenvalue weighted by Crippen LogP contribution is 2.34. The molecule has 9 heteroatoms. The van der Waals surface area contributed by atoms with Crippen molar-refractivity contribution >= 4 is 27.5 Å². The third-order valence-corrected chi connectivity index (χ3v) is 4.85. The lowest BCUT2D eigenvalue weighted by Gasteiger charge is -2.26. The van der Waals surface area contributed by atoms with Gasteiger partial charge in [0.2, 0.25) is 0 Å². The summed E-state index contributed by atoms with van der Waals surface area (Å²) in [5.74, 6) is -0.320. The van der Waals surface area contributed by atoms with E-state index in [0.29, 0.717) is 13.2 Å². The molecule has 4 rings (SSSR count). The lowest BCUT2D eigenvalue weighted by Crippen LogP contribution is -2.41. The first-order valence-corrected chi connectivity index (χ1v) is 7.80. The third kappa shape index (κ3) is 2.33. The first-order valence-electron chi connectivity index (χ1n) is 7.01. The van der Waals surface area contributed by atoms with Crippen molar-refractivity contribution in [3.05, 3.63) is 34.2 Å². The molecule has 122 valence electrons.